The standard InChI is InChI=1S/C16H20ClNO6/c1-21-9-7-8-11(15(23-3)14(9)22-2)13(20)16(12(8)18)24-10(19)5-4-6-17/h7,12,16H,4-6,18H2,1-3H3. The van der Waals surface area contributed by atoms with Crippen LogP contribution >= 0.6 is 11.6 Å². The zero-order chi connectivity index (χ0) is 17.9. The van der Waals surface area contributed by atoms with Crippen molar-refractivity contribution in [1.29, 1.82) is 0 Å². The second kappa shape index (κ2) is 7.72. The molecule has 132 valence electrons. The molecule has 1 aliphatic rings. The van der Waals surface area contributed by atoms with Gasteiger partial charge in [-0.2, -0.15) is 0 Å². The van der Waals surface area contributed by atoms with E-state index in [4.69, 9.17) is 36.3 Å². The summed E-state index contributed by atoms with van der Waals surface area (Å²) in [6.45, 7) is 0. The first-order chi connectivity index (χ1) is 11.5. The number of alkyl halides is 1. The molecule has 0 heterocycles. The number of rotatable bonds is 7. The number of ether oxygens (including phenoxy) is 4. The van der Waals surface area contributed by atoms with Crippen LogP contribution in [0.25, 0.3) is 0 Å². The number of methoxy groups -OCH3 is 3. The molecule has 2 rings (SSSR count). The van der Waals surface area contributed by atoms with E-state index in [0.29, 0.717) is 23.6 Å². The Morgan fingerprint density at radius 2 is 1.88 bits per heavy atom. The molecule has 8 heteroatoms. The molecule has 0 aromatic heterocycles. The van der Waals surface area contributed by atoms with Gasteiger partial charge in [-0.25, -0.2) is 0 Å². The maximum absolute atomic E-state index is 12.7. The lowest BCUT2D eigenvalue weighted by atomic mass is 10.1. The average Bonchev–Trinajstić information content (AvgIpc) is 2.82. The molecule has 1 aliphatic carbocycles. The Kier molecular flexibility index (Phi) is 5.90. The van der Waals surface area contributed by atoms with Crippen molar-refractivity contribution in [3.63, 3.8) is 0 Å². The lowest BCUT2D eigenvalue weighted by molar-refractivity contribution is -0.147. The van der Waals surface area contributed by atoms with Crippen molar-refractivity contribution in [1.82, 2.24) is 0 Å². The van der Waals surface area contributed by atoms with Crippen LogP contribution in [-0.2, 0) is 9.53 Å². The van der Waals surface area contributed by atoms with Gasteiger partial charge in [-0.1, -0.05) is 0 Å². The van der Waals surface area contributed by atoms with Crippen LogP contribution in [0.4, 0.5) is 0 Å². The molecule has 0 radical (unpaired) electrons. The van der Waals surface area contributed by atoms with E-state index < -0.39 is 23.9 Å². The summed E-state index contributed by atoms with van der Waals surface area (Å²) < 4.78 is 21.1. The highest BCUT2D eigenvalue weighted by Gasteiger charge is 2.44. The first-order valence-corrected chi connectivity index (χ1v) is 7.91. The van der Waals surface area contributed by atoms with E-state index in [1.807, 2.05) is 0 Å². The fourth-order valence-corrected chi connectivity index (χ4v) is 2.83. The molecule has 1 aromatic rings. The molecular formula is C16H20ClNO6. The van der Waals surface area contributed by atoms with Gasteiger partial charge in [0.25, 0.3) is 0 Å². The van der Waals surface area contributed by atoms with Crippen molar-refractivity contribution in [3.8, 4) is 17.2 Å². The van der Waals surface area contributed by atoms with E-state index in [-0.39, 0.29) is 23.5 Å². The Bertz CT molecular complexity index is 648. The second-order valence-corrected chi connectivity index (χ2v) is 5.58. The summed E-state index contributed by atoms with van der Waals surface area (Å²) in [5, 5.41) is 0. The zero-order valence-corrected chi connectivity index (χ0v) is 14.5. The highest BCUT2D eigenvalue weighted by molar-refractivity contribution is 6.17. The van der Waals surface area contributed by atoms with Crippen LogP contribution in [0.15, 0.2) is 6.07 Å². The van der Waals surface area contributed by atoms with Crippen molar-refractivity contribution < 1.29 is 28.5 Å². The predicted octanol–water partition coefficient (Wildman–Crippen LogP) is 1.84. The third-order valence-corrected chi connectivity index (χ3v) is 4.09. The number of hydrogen-bond acceptors (Lipinski definition) is 7. The van der Waals surface area contributed by atoms with Gasteiger partial charge < -0.3 is 24.7 Å². The van der Waals surface area contributed by atoms with Crippen LogP contribution < -0.4 is 19.9 Å². The van der Waals surface area contributed by atoms with Gasteiger partial charge in [-0.15, -0.1) is 11.6 Å². The Morgan fingerprint density at radius 3 is 2.42 bits per heavy atom. The summed E-state index contributed by atoms with van der Waals surface area (Å²) in [6.07, 6.45) is -0.511. The molecule has 1 aromatic carbocycles. The largest absolute Gasteiger partial charge is 0.493 e. The number of carbonyl (C=O) groups is 2. The topological polar surface area (TPSA) is 97.1 Å². The van der Waals surface area contributed by atoms with E-state index in [0.717, 1.165) is 0 Å². The van der Waals surface area contributed by atoms with Crippen LogP contribution in [0.3, 0.4) is 0 Å². The van der Waals surface area contributed by atoms with Gasteiger partial charge >= 0.3 is 5.97 Å². The number of esters is 1. The third kappa shape index (κ3) is 3.14. The molecule has 0 amide bonds. The highest BCUT2D eigenvalue weighted by atomic mass is 35.5. The lowest BCUT2D eigenvalue weighted by Gasteiger charge is -2.16. The molecule has 0 fully saturated rings. The minimum absolute atomic E-state index is 0.125. The maximum Gasteiger partial charge on any atom is 0.306 e. The molecule has 0 bridgehead atoms. The second-order valence-electron chi connectivity index (χ2n) is 5.20. The summed E-state index contributed by atoms with van der Waals surface area (Å²) in [6, 6.07) is 0.799. The third-order valence-electron chi connectivity index (χ3n) is 3.82. The molecule has 0 saturated carbocycles. The van der Waals surface area contributed by atoms with Gasteiger partial charge in [0.15, 0.2) is 17.6 Å². The fourth-order valence-electron chi connectivity index (χ4n) is 2.70. The number of nitrogens with two attached hydrogens (primary N) is 1. The predicted molar refractivity (Wildman–Crippen MR) is 87.2 cm³/mol. The van der Waals surface area contributed by atoms with E-state index in [1.165, 1.54) is 21.3 Å². The normalized spacial score (nSPS) is 19.0. The van der Waals surface area contributed by atoms with E-state index in [2.05, 4.69) is 0 Å². The summed E-state index contributed by atoms with van der Waals surface area (Å²) in [4.78, 5) is 24.5. The summed E-state index contributed by atoms with van der Waals surface area (Å²) >= 11 is 5.56. The zero-order valence-electron chi connectivity index (χ0n) is 13.8. The van der Waals surface area contributed by atoms with Gasteiger partial charge in [0.2, 0.25) is 11.5 Å². The molecule has 7 nitrogen and oxygen atoms in total. The maximum atomic E-state index is 12.7. The van der Waals surface area contributed by atoms with E-state index in [9.17, 15) is 9.59 Å². The van der Waals surface area contributed by atoms with E-state index in [1.54, 1.807) is 6.07 Å². The number of carbonyl (C=O) groups excluding carboxylic acids is 2. The smallest absolute Gasteiger partial charge is 0.306 e. The van der Waals surface area contributed by atoms with Crippen molar-refractivity contribution in [2.24, 2.45) is 5.73 Å². The molecule has 0 saturated heterocycles. The first-order valence-electron chi connectivity index (χ1n) is 7.38. The minimum Gasteiger partial charge on any atom is -0.493 e. The number of Topliss-reactive ketones (excluding diaryl/α,β-unsaturated/α-hetero) is 1. The van der Waals surface area contributed by atoms with Crippen molar-refractivity contribution in [3.05, 3.63) is 17.2 Å². The van der Waals surface area contributed by atoms with E-state index >= 15 is 0 Å². The Balaban J connectivity index is 2.40. The summed E-state index contributed by atoms with van der Waals surface area (Å²) in [7, 11) is 4.32. The van der Waals surface area contributed by atoms with Gasteiger partial charge in [-0.3, -0.25) is 9.59 Å². The fraction of sp³-hybridized carbons (Fsp3) is 0.500. The molecule has 2 atom stereocenters. The molecule has 0 spiro atoms. The number of fused-ring (bicyclic) bond motifs is 1. The molecule has 2 N–H and O–H groups in total. The Morgan fingerprint density at radius 1 is 1.21 bits per heavy atom. The quantitative estimate of drug-likeness (QED) is 0.587. The number of halogens is 1. The van der Waals surface area contributed by atoms with Gasteiger partial charge in [0.05, 0.1) is 32.9 Å². The van der Waals surface area contributed by atoms with Gasteiger partial charge in [0.1, 0.15) is 0 Å². The van der Waals surface area contributed by atoms with Crippen molar-refractivity contribution in [2.45, 2.75) is 25.0 Å². The van der Waals surface area contributed by atoms with Crippen LogP contribution in [0.1, 0.15) is 34.8 Å². The first kappa shape index (κ1) is 18.4. The molecule has 24 heavy (non-hydrogen) atoms. The SMILES string of the molecule is COc1cc2c(c(OC)c1OC)C(=O)C(OC(=O)CCCCl)C2N. The number of hydrogen-bond donors (Lipinski definition) is 1. The average molecular weight is 358 g/mol. The van der Waals surface area contributed by atoms with Crippen LogP contribution in [0, 0.1) is 0 Å². The van der Waals surface area contributed by atoms with Crippen LogP contribution in [0.2, 0.25) is 0 Å². The van der Waals surface area contributed by atoms with Gasteiger partial charge in [0, 0.05) is 12.3 Å². The van der Waals surface area contributed by atoms with Crippen LogP contribution in [0.5, 0.6) is 17.2 Å². The minimum atomic E-state index is -1.10. The van der Waals surface area contributed by atoms with Crippen molar-refractivity contribution >= 4 is 23.4 Å². The number of ketones is 1. The van der Waals surface area contributed by atoms with Crippen LogP contribution in [-0.4, -0.2) is 45.1 Å². The monoisotopic (exact) mass is 357 g/mol. The Labute approximate surface area is 144 Å². The molecular weight excluding hydrogens is 338 g/mol. The summed E-state index contributed by atoms with van der Waals surface area (Å²) in [5.74, 6) is 0.276. The van der Waals surface area contributed by atoms with Crippen molar-refractivity contribution in [2.75, 3.05) is 27.2 Å². The number of benzene rings is 1. The lowest BCUT2D eigenvalue weighted by Crippen LogP contribution is -2.31. The van der Waals surface area contributed by atoms with Gasteiger partial charge in [-0.05, 0) is 18.1 Å². The summed E-state index contributed by atoms with van der Waals surface area (Å²) in [5.41, 5.74) is 6.86. The Hall–Kier alpha value is -1.99. The molecule has 2 unspecified atom stereocenters. The highest BCUT2D eigenvalue weighted by Crippen LogP contribution is 2.47. The molecule has 0 aliphatic heterocycles.